The van der Waals surface area contributed by atoms with Crippen LogP contribution >= 0.6 is 0 Å². The summed E-state index contributed by atoms with van der Waals surface area (Å²) in [4.78, 5) is 4.56. The van der Waals surface area contributed by atoms with Crippen LogP contribution < -0.4 is 10.1 Å². The van der Waals surface area contributed by atoms with Gasteiger partial charge in [0.05, 0.1) is 6.10 Å². The van der Waals surface area contributed by atoms with Gasteiger partial charge < -0.3 is 10.1 Å². The number of ether oxygens (including phenoxy) is 1. The minimum Gasteiger partial charge on any atom is -0.474 e. The van der Waals surface area contributed by atoms with Crippen LogP contribution in [0.5, 0.6) is 5.88 Å². The first kappa shape index (κ1) is 13.3. The van der Waals surface area contributed by atoms with Gasteiger partial charge in [0.25, 0.3) is 0 Å². The zero-order valence-corrected chi connectivity index (χ0v) is 11.9. The standard InChI is InChI=1S/C15H24N2O/c1-5-12(4)18-15-14(9-16-13-6-7-13)10(2)8-11(3)17-15/h8,12-13,16H,5-7,9H2,1-4H3. The molecule has 0 aromatic carbocycles. The van der Waals surface area contributed by atoms with E-state index < -0.39 is 0 Å². The molecule has 0 aliphatic heterocycles. The number of pyridine rings is 1. The summed E-state index contributed by atoms with van der Waals surface area (Å²) in [6.45, 7) is 9.26. The largest absolute Gasteiger partial charge is 0.474 e. The second-order valence-electron chi connectivity index (χ2n) is 5.36. The Morgan fingerprint density at radius 3 is 2.78 bits per heavy atom. The number of aromatic nitrogens is 1. The SMILES string of the molecule is CCC(C)Oc1nc(C)cc(C)c1CNC1CC1. The van der Waals surface area contributed by atoms with Crippen molar-refractivity contribution in [2.24, 2.45) is 0 Å². The number of hydrogen-bond donors (Lipinski definition) is 1. The third kappa shape index (κ3) is 3.45. The highest BCUT2D eigenvalue weighted by atomic mass is 16.5. The summed E-state index contributed by atoms with van der Waals surface area (Å²) in [6.07, 6.45) is 3.84. The highest BCUT2D eigenvalue weighted by Crippen LogP contribution is 2.25. The lowest BCUT2D eigenvalue weighted by Crippen LogP contribution is -2.19. The van der Waals surface area contributed by atoms with Crippen molar-refractivity contribution < 1.29 is 4.74 Å². The average Bonchev–Trinajstić information content (AvgIpc) is 3.11. The van der Waals surface area contributed by atoms with E-state index in [9.17, 15) is 0 Å². The summed E-state index contributed by atoms with van der Waals surface area (Å²) >= 11 is 0. The summed E-state index contributed by atoms with van der Waals surface area (Å²) in [5, 5.41) is 3.54. The van der Waals surface area contributed by atoms with E-state index in [0.29, 0.717) is 6.04 Å². The minimum atomic E-state index is 0.221. The van der Waals surface area contributed by atoms with Crippen molar-refractivity contribution in [2.45, 2.75) is 65.6 Å². The predicted molar refractivity (Wildman–Crippen MR) is 74.0 cm³/mol. The summed E-state index contributed by atoms with van der Waals surface area (Å²) in [5.74, 6) is 0.815. The molecule has 3 nitrogen and oxygen atoms in total. The van der Waals surface area contributed by atoms with Gasteiger partial charge in [-0.3, -0.25) is 0 Å². The van der Waals surface area contributed by atoms with Crippen molar-refractivity contribution >= 4 is 0 Å². The lowest BCUT2D eigenvalue weighted by molar-refractivity contribution is 0.205. The average molecular weight is 248 g/mol. The molecule has 1 heterocycles. The van der Waals surface area contributed by atoms with Gasteiger partial charge in [-0.25, -0.2) is 4.98 Å². The summed E-state index contributed by atoms with van der Waals surface area (Å²) in [5.41, 5.74) is 3.52. The topological polar surface area (TPSA) is 34.1 Å². The molecule has 1 unspecified atom stereocenters. The fourth-order valence-corrected chi connectivity index (χ4v) is 1.95. The monoisotopic (exact) mass is 248 g/mol. The van der Waals surface area contributed by atoms with Crippen LogP contribution in [0.4, 0.5) is 0 Å². The highest BCUT2D eigenvalue weighted by molar-refractivity contribution is 5.36. The Hall–Kier alpha value is -1.09. The van der Waals surface area contributed by atoms with Gasteiger partial charge in [0, 0.05) is 23.8 Å². The summed E-state index contributed by atoms with van der Waals surface area (Å²) in [6, 6.07) is 2.84. The molecule has 0 bridgehead atoms. The second-order valence-corrected chi connectivity index (χ2v) is 5.36. The van der Waals surface area contributed by atoms with Crippen LogP contribution in [0.25, 0.3) is 0 Å². The molecule has 0 radical (unpaired) electrons. The van der Waals surface area contributed by atoms with Crippen LogP contribution in [-0.2, 0) is 6.54 Å². The van der Waals surface area contributed by atoms with Gasteiger partial charge >= 0.3 is 0 Å². The molecule has 1 saturated carbocycles. The van der Waals surface area contributed by atoms with Crippen molar-refractivity contribution in [3.63, 3.8) is 0 Å². The first-order valence-corrected chi connectivity index (χ1v) is 6.97. The lowest BCUT2D eigenvalue weighted by atomic mass is 10.1. The van der Waals surface area contributed by atoms with E-state index in [1.165, 1.54) is 24.0 Å². The Kier molecular flexibility index (Phi) is 4.23. The van der Waals surface area contributed by atoms with E-state index in [4.69, 9.17) is 4.74 Å². The van der Waals surface area contributed by atoms with Crippen molar-refractivity contribution in [1.29, 1.82) is 0 Å². The van der Waals surface area contributed by atoms with Gasteiger partial charge in [0.1, 0.15) is 0 Å². The first-order valence-electron chi connectivity index (χ1n) is 6.97. The van der Waals surface area contributed by atoms with Gasteiger partial charge in [0.15, 0.2) is 0 Å². The smallest absolute Gasteiger partial charge is 0.218 e. The van der Waals surface area contributed by atoms with Gasteiger partial charge in [-0.1, -0.05) is 6.92 Å². The fraction of sp³-hybridized carbons (Fsp3) is 0.667. The third-order valence-corrected chi connectivity index (χ3v) is 3.47. The molecule has 3 heteroatoms. The number of nitrogens with one attached hydrogen (secondary N) is 1. The van der Waals surface area contributed by atoms with Gasteiger partial charge in [-0.15, -0.1) is 0 Å². The Labute approximate surface area is 110 Å². The third-order valence-electron chi connectivity index (χ3n) is 3.47. The molecule has 1 aliphatic carbocycles. The summed E-state index contributed by atoms with van der Waals surface area (Å²) in [7, 11) is 0. The Bertz CT molecular complexity index is 413. The normalized spacial score (nSPS) is 16.7. The van der Waals surface area contributed by atoms with Crippen LogP contribution in [0, 0.1) is 13.8 Å². The number of hydrogen-bond acceptors (Lipinski definition) is 3. The molecule has 2 rings (SSSR count). The van der Waals surface area contributed by atoms with E-state index in [1.807, 2.05) is 6.92 Å². The minimum absolute atomic E-state index is 0.221. The Morgan fingerprint density at radius 2 is 2.17 bits per heavy atom. The Morgan fingerprint density at radius 1 is 1.44 bits per heavy atom. The predicted octanol–water partition coefficient (Wildman–Crippen LogP) is 3.13. The maximum Gasteiger partial charge on any atom is 0.218 e. The van der Waals surface area contributed by atoms with Crippen LogP contribution in [0.3, 0.4) is 0 Å². The maximum absolute atomic E-state index is 5.96. The lowest BCUT2D eigenvalue weighted by Gasteiger charge is -2.18. The van der Waals surface area contributed by atoms with E-state index in [-0.39, 0.29) is 6.10 Å². The molecule has 1 N–H and O–H groups in total. The van der Waals surface area contributed by atoms with Crippen molar-refractivity contribution in [3.05, 3.63) is 22.9 Å². The molecule has 0 saturated heterocycles. The van der Waals surface area contributed by atoms with Crippen LogP contribution in [-0.4, -0.2) is 17.1 Å². The molecule has 0 amide bonds. The quantitative estimate of drug-likeness (QED) is 0.840. The fourth-order valence-electron chi connectivity index (χ4n) is 1.95. The number of aryl methyl sites for hydroxylation is 2. The van der Waals surface area contributed by atoms with Crippen molar-refractivity contribution in [3.8, 4) is 5.88 Å². The molecule has 100 valence electrons. The van der Waals surface area contributed by atoms with Crippen LogP contribution in [0.15, 0.2) is 6.07 Å². The van der Waals surface area contributed by atoms with Gasteiger partial charge in [0.2, 0.25) is 5.88 Å². The first-order chi connectivity index (χ1) is 8.60. The molecule has 0 spiro atoms. The molecule has 1 atom stereocenters. The number of rotatable bonds is 6. The zero-order valence-electron chi connectivity index (χ0n) is 11.9. The van der Waals surface area contributed by atoms with Crippen LogP contribution in [0.2, 0.25) is 0 Å². The maximum atomic E-state index is 5.96. The van der Waals surface area contributed by atoms with E-state index in [2.05, 4.69) is 37.1 Å². The molecular weight excluding hydrogens is 224 g/mol. The van der Waals surface area contributed by atoms with E-state index >= 15 is 0 Å². The van der Waals surface area contributed by atoms with Gasteiger partial charge in [-0.2, -0.15) is 0 Å². The highest BCUT2D eigenvalue weighted by Gasteiger charge is 2.22. The number of nitrogens with zero attached hydrogens (tertiary/aromatic N) is 1. The van der Waals surface area contributed by atoms with Gasteiger partial charge in [-0.05, 0) is 51.7 Å². The summed E-state index contributed by atoms with van der Waals surface area (Å²) < 4.78 is 5.96. The Balaban J connectivity index is 2.16. The van der Waals surface area contributed by atoms with E-state index in [0.717, 1.165) is 24.5 Å². The second kappa shape index (κ2) is 5.70. The molecule has 1 aromatic rings. The molecular formula is C15H24N2O. The molecule has 18 heavy (non-hydrogen) atoms. The molecule has 1 aliphatic rings. The molecule has 1 fully saturated rings. The van der Waals surface area contributed by atoms with E-state index in [1.54, 1.807) is 0 Å². The van der Waals surface area contributed by atoms with Crippen LogP contribution in [0.1, 0.15) is 49.9 Å². The molecule has 1 aromatic heterocycles. The zero-order chi connectivity index (χ0) is 13.1. The van der Waals surface area contributed by atoms with Crippen molar-refractivity contribution in [2.75, 3.05) is 0 Å². The van der Waals surface area contributed by atoms with Crippen molar-refractivity contribution in [1.82, 2.24) is 10.3 Å².